The summed E-state index contributed by atoms with van der Waals surface area (Å²) < 4.78 is 9.57. The molecule has 164 valence electrons. The van der Waals surface area contributed by atoms with Gasteiger partial charge in [-0.05, 0) is 54.9 Å². The van der Waals surface area contributed by atoms with Crippen molar-refractivity contribution < 1.29 is 9.53 Å². The van der Waals surface area contributed by atoms with Gasteiger partial charge in [0.2, 0.25) is 5.91 Å². The van der Waals surface area contributed by atoms with Gasteiger partial charge in [0, 0.05) is 18.2 Å². The molecular weight excluding hydrogens is 466 g/mol. The first-order valence-electron chi connectivity index (χ1n) is 10.3. The summed E-state index contributed by atoms with van der Waals surface area (Å²) in [6.07, 6.45) is 1.96. The highest BCUT2D eigenvalue weighted by atomic mass is 35.5. The van der Waals surface area contributed by atoms with Crippen molar-refractivity contribution in [3.63, 3.8) is 0 Å². The van der Waals surface area contributed by atoms with Gasteiger partial charge in [0.25, 0.3) is 5.56 Å². The Bertz CT molecular complexity index is 1450. The Hall–Kier alpha value is -2.52. The molecule has 0 spiro atoms. The first-order valence-corrected chi connectivity index (χ1v) is 11.9. The number of nitrogens with one attached hydrogen (secondary N) is 1. The number of thiazole rings is 1. The molecule has 6 nitrogen and oxygen atoms in total. The fourth-order valence-electron chi connectivity index (χ4n) is 4.11. The molecule has 0 aliphatic carbocycles. The lowest BCUT2D eigenvalue weighted by Gasteiger charge is -2.15. The quantitative estimate of drug-likeness (QED) is 0.417. The number of carbonyl (C=O) groups is 1. The van der Waals surface area contributed by atoms with Gasteiger partial charge >= 0.3 is 0 Å². The zero-order chi connectivity index (χ0) is 22.2. The van der Waals surface area contributed by atoms with Crippen molar-refractivity contribution in [1.82, 2.24) is 14.3 Å². The highest BCUT2D eigenvalue weighted by Gasteiger charge is 2.21. The van der Waals surface area contributed by atoms with Crippen LogP contribution in [0.3, 0.4) is 0 Å². The van der Waals surface area contributed by atoms with Crippen molar-refractivity contribution in [3.8, 4) is 10.4 Å². The van der Waals surface area contributed by atoms with E-state index < -0.39 is 0 Å². The van der Waals surface area contributed by atoms with E-state index >= 15 is 0 Å². The summed E-state index contributed by atoms with van der Waals surface area (Å²) in [5.74, 6) is -0.242. The van der Waals surface area contributed by atoms with Crippen LogP contribution in [-0.4, -0.2) is 34.1 Å². The van der Waals surface area contributed by atoms with E-state index in [2.05, 4.69) is 5.32 Å². The number of para-hydroxylation sites is 1. The number of carbonyl (C=O) groups excluding carboxylic acids is 1. The summed E-state index contributed by atoms with van der Waals surface area (Å²) >= 11 is 13.3. The summed E-state index contributed by atoms with van der Waals surface area (Å²) in [6, 6.07) is 14.7. The Labute approximate surface area is 198 Å². The van der Waals surface area contributed by atoms with Gasteiger partial charge in [0.1, 0.15) is 12.2 Å². The average molecular weight is 486 g/mol. The first kappa shape index (κ1) is 21.3. The molecule has 1 amide bonds. The molecular formula is C23H20ClN3O3S2. The molecule has 1 aliphatic heterocycles. The Balaban J connectivity index is 1.67. The number of hydrogen-bond acceptors (Lipinski definition) is 5. The normalized spacial score (nSPS) is 16.1. The summed E-state index contributed by atoms with van der Waals surface area (Å²) in [6.45, 7) is 1.05. The maximum absolute atomic E-state index is 13.5. The van der Waals surface area contributed by atoms with Gasteiger partial charge < -0.3 is 10.1 Å². The van der Waals surface area contributed by atoms with E-state index in [4.69, 9.17) is 28.6 Å². The van der Waals surface area contributed by atoms with Gasteiger partial charge in [-0.2, -0.15) is 0 Å². The molecule has 1 saturated heterocycles. The van der Waals surface area contributed by atoms with Crippen LogP contribution < -0.4 is 10.9 Å². The van der Waals surface area contributed by atoms with Crippen LogP contribution in [0.5, 0.6) is 0 Å². The standard InChI is InChI=1S/C23H20ClN3O3S2/c24-15-6-3-5-14(11-15)20-21-26(13-19(28)25-12-16-7-4-10-30-16)22(29)17-8-1-2-9-18(17)27(21)23(31)32-20/h1-3,5-6,8-9,11,16H,4,7,10,12-13H2,(H,25,28)/t16-/m1/s1. The molecule has 2 aromatic carbocycles. The third-order valence-electron chi connectivity index (χ3n) is 5.60. The zero-order valence-corrected chi connectivity index (χ0v) is 19.4. The lowest BCUT2D eigenvalue weighted by atomic mass is 10.2. The number of nitrogens with zero attached hydrogens (tertiary/aromatic N) is 2. The van der Waals surface area contributed by atoms with Crippen molar-refractivity contribution in [2.24, 2.45) is 0 Å². The minimum Gasteiger partial charge on any atom is -0.376 e. The molecule has 0 bridgehead atoms. The third-order valence-corrected chi connectivity index (χ3v) is 7.25. The van der Waals surface area contributed by atoms with Crippen LogP contribution in [0.2, 0.25) is 5.02 Å². The monoisotopic (exact) mass is 485 g/mol. The summed E-state index contributed by atoms with van der Waals surface area (Å²) in [7, 11) is 0. The molecule has 0 saturated carbocycles. The minimum atomic E-state index is -0.242. The van der Waals surface area contributed by atoms with Gasteiger partial charge in [-0.3, -0.25) is 18.6 Å². The highest BCUT2D eigenvalue weighted by molar-refractivity contribution is 7.73. The van der Waals surface area contributed by atoms with Gasteiger partial charge in [-0.15, -0.1) is 11.3 Å². The van der Waals surface area contributed by atoms with E-state index in [0.29, 0.717) is 26.6 Å². The van der Waals surface area contributed by atoms with Crippen LogP contribution in [-0.2, 0) is 16.1 Å². The first-order chi connectivity index (χ1) is 15.5. The van der Waals surface area contributed by atoms with Gasteiger partial charge in [0.05, 0.1) is 21.9 Å². The van der Waals surface area contributed by atoms with Crippen molar-refractivity contribution in [2.75, 3.05) is 13.2 Å². The van der Waals surface area contributed by atoms with Crippen molar-refractivity contribution in [2.45, 2.75) is 25.5 Å². The van der Waals surface area contributed by atoms with Crippen LogP contribution in [0.15, 0.2) is 53.3 Å². The lowest BCUT2D eigenvalue weighted by molar-refractivity contribution is -0.122. The van der Waals surface area contributed by atoms with E-state index in [-0.39, 0.29) is 24.1 Å². The number of aromatic nitrogens is 2. The average Bonchev–Trinajstić information content (AvgIpc) is 3.43. The Morgan fingerprint density at radius 2 is 2.09 bits per heavy atom. The fraction of sp³-hybridized carbons (Fsp3) is 0.261. The number of ether oxygens (including phenoxy) is 1. The number of halogens is 1. The molecule has 4 aromatic rings. The van der Waals surface area contributed by atoms with Crippen molar-refractivity contribution in [3.05, 3.63) is 67.9 Å². The smallest absolute Gasteiger partial charge is 0.262 e. The topological polar surface area (TPSA) is 64.7 Å². The summed E-state index contributed by atoms with van der Waals surface area (Å²) in [5.41, 5.74) is 1.93. The molecule has 2 aromatic heterocycles. The number of rotatable bonds is 5. The second-order valence-electron chi connectivity index (χ2n) is 7.71. The van der Waals surface area contributed by atoms with Crippen molar-refractivity contribution >= 4 is 57.6 Å². The van der Waals surface area contributed by atoms with Gasteiger partial charge in [-0.25, -0.2) is 0 Å². The molecule has 5 rings (SSSR count). The predicted octanol–water partition coefficient (Wildman–Crippen LogP) is 4.66. The van der Waals surface area contributed by atoms with Crippen LogP contribution in [0.4, 0.5) is 0 Å². The Kier molecular flexibility index (Phi) is 5.86. The van der Waals surface area contributed by atoms with Crippen LogP contribution in [0.1, 0.15) is 12.8 Å². The lowest BCUT2D eigenvalue weighted by Crippen LogP contribution is -2.37. The van der Waals surface area contributed by atoms with Crippen LogP contribution in [0, 0.1) is 3.95 Å². The minimum absolute atomic E-state index is 0.0316. The maximum Gasteiger partial charge on any atom is 0.262 e. The molecule has 1 N–H and O–H groups in total. The highest BCUT2D eigenvalue weighted by Crippen LogP contribution is 2.34. The molecule has 1 fully saturated rings. The van der Waals surface area contributed by atoms with E-state index in [1.807, 2.05) is 40.8 Å². The summed E-state index contributed by atoms with van der Waals surface area (Å²) in [5, 5.41) is 4.01. The predicted molar refractivity (Wildman–Crippen MR) is 130 cm³/mol. The van der Waals surface area contributed by atoms with Crippen LogP contribution >= 0.6 is 35.2 Å². The van der Waals surface area contributed by atoms with Crippen molar-refractivity contribution in [1.29, 1.82) is 0 Å². The van der Waals surface area contributed by atoms with E-state index in [1.54, 1.807) is 12.1 Å². The summed E-state index contributed by atoms with van der Waals surface area (Å²) in [4.78, 5) is 27.1. The molecule has 9 heteroatoms. The molecule has 3 heterocycles. The molecule has 32 heavy (non-hydrogen) atoms. The SMILES string of the molecule is O=C(Cn1c(=O)c2ccccc2n2c(=S)sc(-c3cccc(Cl)c3)c12)NC[C@H]1CCCO1. The maximum atomic E-state index is 13.5. The molecule has 0 unspecified atom stereocenters. The second-order valence-corrected chi connectivity index (χ2v) is 9.79. The van der Waals surface area contributed by atoms with E-state index in [1.165, 1.54) is 15.9 Å². The number of benzene rings is 2. The van der Waals surface area contributed by atoms with E-state index in [9.17, 15) is 9.59 Å². The molecule has 1 atom stereocenters. The number of fused-ring (bicyclic) bond motifs is 3. The largest absolute Gasteiger partial charge is 0.376 e. The Morgan fingerprint density at radius 3 is 2.88 bits per heavy atom. The second kappa shape index (κ2) is 8.78. The Morgan fingerprint density at radius 1 is 1.25 bits per heavy atom. The van der Waals surface area contributed by atoms with E-state index in [0.717, 1.165) is 35.4 Å². The van der Waals surface area contributed by atoms with Gasteiger partial charge in [-0.1, -0.05) is 35.9 Å². The zero-order valence-electron chi connectivity index (χ0n) is 17.0. The third kappa shape index (κ3) is 3.88. The van der Waals surface area contributed by atoms with Crippen LogP contribution in [0.25, 0.3) is 27.0 Å². The number of amides is 1. The van der Waals surface area contributed by atoms with Gasteiger partial charge in [0.15, 0.2) is 3.95 Å². The molecule has 1 aliphatic rings. The molecule has 0 radical (unpaired) electrons. The fourth-order valence-corrected chi connectivity index (χ4v) is 5.72. The number of hydrogen-bond donors (Lipinski definition) is 1.